The van der Waals surface area contributed by atoms with Gasteiger partial charge in [-0.2, -0.15) is 0 Å². The molecule has 1 aromatic rings. The Hall–Kier alpha value is -1.58. The summed E-state index contributed by atoms with van der Waals surface area (Å²) in [5.74, 6) is 0.161. The minimum Gasteiger partial charge on any atom is -0.508 e. The molecule has 0 bridgehead atoms. The van der Waals surface area contributed by atoms with Crippen molar-refractivity contribution < 1.29 is 10.0 Å². The van der Waals surface area contributed by atoms with Crippen molar-refractivity contribution in [3.05, 3.63) is 33.9 Å². The molecule has 76 valence electrons. The lowest BCUT2D eigenvalue weighted by Crippen LogP contribution is -1.98. The van der Waals surface area contributed by atoms with Gasteiger partial charge in [0.2, 0.25) is 0 Å². The van der Waals surface area contributed by atoms with E-state index in [2.05, 4.69) is 0 Å². The summed E-state index contributed by atoms with van der Waals surface area (Å²) in [6.07, 6.45) is 0.810. The van der Waals surface area contributed by atoms with E-state index in [4.69, 9.17) is 0 Å². The normalized spacial score (nSPS) is 12.4. The summed E-state index contributed by atoms with van der Waals surface area (Å²) in [7, 11) is 0. The molecule has 0 amide bonds. The van der Waals surface area contributed by atoms with E-state index in [-0.39, 0.29) is 17.4 Å². The van der Waals surface area contributed by atoms with Crippen LogP contribution in [0.2, 0.25) is 0 Å². The second-order valence-corrected chi connectivity index (χ2v) is 3.31. The molecule has 0 saturated carbocycles. The van der Waals surface area contributed by atoms with Crippen LogP contribution in [0.5, 0.6) is 5.75 Å². The highest BCUT2D eigenvalue weighted by molar-refractivity contribution is 5.46. The maximum atomic E-state index is 10.7. The lowest BCUT2D eigenvalue weighted by molar-refractivity contribution is -0.385. The molecule has 1 N–H and O–H groups in total. The standard InChI is InChI=1S/C10H13NO3/c1-3-7(2)9-6-8(12)4-5-10(9)11(13)14/h4-7,12H,3H2,1-2H3. The molecule has 0 aliphatic heterocycles. The predicted molar refractivity (Wildman–Crippen MR) is 53.5 cm³/mol. The number of rotatable bonds is 3. The first-order chi connectivity index (χ1) is 6.56. The maximum absolute atomic E-state index is 10.7. The molecule has 0 spiro atoms. The first-order valence-electron chi connectivity index (χ1n) is 4.53. The maximum Gasteiger partial charge on any atom is 0.273 e. The molecule has 4 heteroatoms. The van der Waals surface area contributed by atoms with E-state index in [1.807, 2.05) is 13.8 Å². The van der Waals surface area contributed by atoms with E-state index in [1.54, 1.807) is 0 Å². The smallest absolute Gasteiger partial charge is 0.273 e. The molecule has 0 aromatic heterocycles. The zero-order valence-corrected chi connectivity index (χ0v) is 8.23. The van der Waals surface area contributed by atoms with Crippen molar-refractivity contribution in [2.45, 2.75) is 26.2 Å². The van der Waals surface area contributed by atoms with Gasteiger partial charge in [-0.3, -0.25) is 10.1 Å². The number of nitro groups is 1. The number of nitro benzene ring substituents is 1. The van der Waals surface area contributed by atoms with Crippen LogP contribution in [-0.2, 0) is 0 Å². The minimum absolute atomic E-state index is 0.0749. The Balaban J connectivity index is 3.22. The fourth-order valence-electron chi connectivity index (χ4n) is 1.32. The molecule has 0 heterocycles. The molecular formula is C10H13NO3. The second-order valence-electron chi connectivity index (χ2n) is 3.31. The summed E-state index contributed by atoms with van der Waals surface area (Å²) in [4.78, 5) is 10.3. The van der Waals surface area contributed by atoms with Crippen LogP contribution in [0.1, 0.15) is 31.7 Å². The van der Waals surface area contributed by atoms with Gasteiger partial charge in [-0.15, -0.1) is 0 Å². The summed E-state index contributed by atoms with van der Waals surface area (Å²) >= 11 is 0. The van der Waals surface area contributed by atoms with E-state index in [0.29, 0.717) is 5.56 Å². The van der Waals surface area contributed by atoms with Gasteiger partial charge in [0, 0.05) is 11.6 Å². The van der Waals surface area contributed by atoms with E-state index < -0.39 is 4.92 Å². The number of benzene rings is 1. The molecule has 0 saturated heterocycles. The van der Waals surface area contributed by atoms with Gasteiger partial charge in [-0.1, -0.05) is 13.8 Å². The Morgan fingerprint density at radius 3 is 2.71 bits per heavy atom. The third kappa shape index (κ3) is 2.02. The average molecular weight is 195 g/mol. The monoisotopic (exact) mass is 195 g/mol. The van der Waals surface area contributed by atoms with Crippen LogP contribution in [-0.4, -0.2) is 10.0 Å². The quantitative estimate of drug-likeness (QED) is 0.595. The fraction of sp³-hybridized carbons (Fsp3) is 0.400. The van der Waals surface area contributed by atoms with E-state index in [0.717, 1.165) is 6.42 Å². The van der Waals surface area contributed by atoms with Gasteiger partial charge in [0.25, 0.3) is 5.69 Å². The molecule has 4 nitrogen and oxygen atoms in total. The summed E-state index contributed by atoms with van der Waals surface area (Å²) < 4.78 is 0. The molecule has 1 atom stereocenters. The Kier molecular flexibility index (Phi) is 3.06. The van der Waals surface area contributed by atoms with Crippen LogP contribution in [0, 0.1) is 10.1 Å². The van der Waals surface area contributed by atoms with Crippen LogP contribution in [0.25, 0.3) is 0 Å². The highest BCUT2D eigenvalue weighted by Gasteiger charge is 2.17. The molecule has 0 fully saturated rings. The second kappa shape index (κ2) is 4.09. The molecule has 0 aliphatic carbocycles. The van der Waals surface area contributed by atoms with Crippen LogP contribution in [0.3, 0.4) is 0 Å². The fourth-order valence-corrected chi connectivity index (χ4v) is 1.32. The number of hydrogen-bond acceptors (Lipinski definition) is 3. The SMILES string of the molecule is CCC(C)c1cc(O)ccc1[N+](=O)[O-]. The van der Waals surface area contributed by atoms with Gasteiger partial charge in [0.05, 0.1) is 4.92 Å². The Labute approximate surface area is 82.3 Å². The first kappa shape index (κ1) is 10.5. The predicted octanol–water partition coefficient (Wildman–Crippen LogP) is 2.81. The van der Waals surface area contributed by atoms with E-state index in [1.165, 1.54) is 18.2 Å². The van der Waals surface area contributed by atoms with Crippen molar-refractivity contribution in [3.63, 3.8) is 0 Å². The van der Waals surface area contributed by atoms with Crippen molar-refractivity contribution in [2.75, 3.05) is 0 Å². The average Bonchev–Trinajstić information content (AvgIpc) is 2.16. The highest BCUT2D eigenvalue weighted by Crippen LogP contribution is 2.31. The summed E-state index contributed by atoms with van der Waals surface area (Å²) in [6.45, 7) is 3.86. The van der Waals surface area contributed by atoms with Crippen LogP contribution in [0.4, 0.5) is 5.69 Å². The zero-order valence-electron chi connectivity index (χ0n) is 8.23. The summed E-state index contributed by atoms with van der Waals surface area (Å²) in [6, 6.07) is 4.15. The van der Waals surface area contributed by atoms with Gasteiger partial charge in [0.1, 0.15) is 5.75 Å². The molecular weight excluding hydrogens is 182 g/mol. The lowest BCUT2D eigenvalue weighted by atomic mass is 9.97. The molecule has 1 unspecified atom stereocenters. The molecule has 1 rings (SSSR count). The number of phenols is 1. The number of hydrogen-bond donors (Lipinski definition) is 1. The van der Waals surface area contributed by atoms with Gasteiger partial charge < -0.3 is 5.11 Å². The summed E-state index contributed by atoms with van der Waals surface area (Å²) in [5, 5.41) is 19.9. The number of phenolic OH excluding ortho intramolecular Hbond substituents is 1. The van der Waals surface area contributed by atoms with Crippen LogP contribution < -0.4 is 0 Å². The van der Waals surface area contributed by atoms with E-state index in [9.17, 15) is 15.2 Å². The van der Waals surface area contributed by atoms with Crippen molar-refractivity contribution in [2.24, 2.45) is 0 Å². The molecule has 14 heavy (non-hydrogen) atoms. The van der Waals surface area contributed by atoms with Crippen molar-refractivity contribution >= 4 is 5.69 Å². The number of nitrogens with zero attached hydrogens (tertiary/aromatic N) is 1. The van der Waals surface area contributed by atoms with Crippen molar-refractivity contribution in [1.29, 1.82) is 0 Å². The van der Waals surface area contributed by atoms with E-state index >= 15 is 0 Å². The number of aromatic hydroxyl groups is 1. The topological polar surface area (TPSA) is 63.4 Å². The molecule has 0 aliphatic rings. The Morgan fingerprint density at radius 1 is 1.57 bits per heavy atom. The Bertz CT molecular complexity index is 349. The third-order valence-electron chi connectivity index (χ3n) is 2.35. The highest BCUT2D eigenvalue weighted by atomic mass is 16.6. The van der Waals surface area contributed by atoms with Crippen molar-refractivity contribution in [3.8, 4) is 5.75 Å². The zero-order chi connectivity index (χ0) is 10.7. The lowest BCUT2D eigenvalue weighted by Gasteiger charge is -2.09. The van der Waals surface area contributed by atoms with Crippen LogP contribution >= 0.6 is 0 Å². The Morgan fingerprint density at radius 2 is 2.21 bits per heavy atom. The first-order valence-corrected chi connectivity index (χ1v) is 4.53. The van der Waals surface area contributed by atoms with Gasteiger partial charge in [-0.25, -0.2) is 0 Å². The largest absolute Gasteiger partial charge is 0.508 e. The van der Waals surface area contributed by atoms with Crippen molar-refractivity contribution in [1.82, 2.24) is 0 Å². The third-order valence-corrected chi connectivity index (χ3v) is 2.35. The van der Waals surface area contributed by atoms with Crippen LogP contribution in [0.15, 0.2) is 18.2 Å². The van der Waals surface area contributed by atoms with Gasteiger partial charge in [0.15, 0.2) is 0 Å². The van der Waals surface area contributed by atoms with Gasteiger partial charge >= 0.3 is 0 Å². The molecule has 0 radical (unpaired) electrons. The minimum atomic E-state index is -0.416. The summed E-state index contributed by atoms with van der Waals surface area (Å²) in [5.41, 5.74) is 0.676. The molecule has 1 aromatic carbocycles. The van der Waals surface area contributed by atoms with Gasteiger partial charge in [-0.05, 0) is 24.5 Å².